The second kappa shape index (κ2) is 7.92. The van der Waals surface area contributed by atoms with Crippen LogP contribution in [-0.2, 0) is 14.6 Å². The van der Waals surface area contributed by atoms with Crippen molar-refractivity contribution < 1.29 is 13.2 Å². The summed E-state index contributed by atoms with van der Waals surface area (Å²) in [5.74, 6) is -0.274. The van der Waals surface area contributed by atoms with Gasteiger partial charge in [-0.25, -0.2) is 8.42 Å². The monoisotopic (exact) mass is 280 g/mol. The van der Waals surface area contributed by atoms with Crippen LogP contribution in [0.2, 0.25) is 0 Å². The Morgan fingerprint density at radius 1 is 1.21 bits per heavy atom. The Morgan fingerprint density at radius 3 is 2.47 bits per heavy atom. The van der Waals surface area contributed by atoms with Gasteiger partial charge in [0, 0.05) is 0 Å². The molecule has 0 amide bonds. The number of ether oxygens (including phenoxy) is 1. The topological polar surface area (TPSA) is 43.4 Å². The highest BCUT2D eigenvalue weighted by Crippen LogP contribution is 2.11. The van der Waals surface area contributed by atoms with Crippen molar-refractivity contribution >= 4 is 9.84 Å². The third kappa shape index (κ3) is 5.41. The van der Waals surface area contributed by atoms with Crippen molar-refractivity contribution in [2.24, 2.45) is 0 Å². The molecule has 0 saturated heterocycles. The van der Waals surface area contributed by atoms with Crippen LogP contribution in [0.3, 0.4) is 0 Å². The van der Waals surface area contributed by atoms with Gasteiger partial charge < -0.3 is 4.74 Å². The highest BCUT2D eigenvalue weighted by molar-refractivity contribution is 7.91. The number of benzene rings is 1. The quantitative estimate of drug-likeness (QED) is 0.568. The Bertz CT molecular complexity index is 528. The average molecular weight is 280 g/mol. The Kier molecular flexibility index (Phi) is 6.53. The van der Waals surface area contributed by atoms with Gasteiger partial charge in [-0.05, 0) is 32.4 Å². The molecule has 104 valence electrons. The fourth-order valence-corrected chi connectivity index (χ4v) is 2.64. The molecule has 0 atom stereocenters. The van der Waals surface area contributed by atoms with Crippen LogP contribution in [0.25, 0.3) is 0 Å². The summed E-state index contributed by atoms with van der Waals surface area (Å²) in [7, 11) is -3.34. The second-order valence-electron chi connectivity index (χ2n) is 4.07. The summed E-state index contributed by atoms with van der Waals surface area (Å²) < 4.78 is 29.1. The SMILES string of the molecule is C/C=C\C(=C/C)CCOCS(=O)(=O)c1ccccc1. The first-order valence-electron chi connectivity index (χ1n) is 6.23. The molecule has 0 aliphatic rings. The van der Waals surface area contributed by atoms with Crippen LogP contribution in [0.4, 0.5) is 0 Å². The first-order valence-corrected chi connectivity index (χ1v) is 7.89. The van der Waals surface area contributed by atoms with E-state index < -0.39 is 9.84 Å². The zero-order valence-electron chi connectivity index (χ0n) is 11.4. The van der Waals surface area contributed by atoms with Gasteiger partial charge in [0.25, 0.3) is 0 Å². The number of hydrogen-bond acceptors (Lipinski definition) is 3. The zero-order valence-corrected chi connectivity index (χ0v) is 12.2. The molecule has 0 fully saturated rings. The molecule has 1 aromatic rings. The summed E-state index contributed by atoms with van der Waals surface area (Å²) >= 11 is 0. The predicted molar refractivity (Wildman–Crippen MR) is 77.6 cm³/mol. The lowest BCUT2D eigenvalue weighted by molar-refractivity contribution is 0.180. The van der Waals surface area contributed by atoms with Crippen LogP contribution >= 0.6 is 0 Å². The first kappa shape index (κ1) is 15.7. The van der Waals surface area contributed by atoms with Crippen LogP contribution < -0.4 is 0 Å². The number of allylic oxidation sites excluding steroid dienone is 3. The van der Waals surface area contributed by atoms with Crippen molar-refractivity contribution in [2.45, 2.75) is 25.2 Å². The zero-order chi connectivity index (χ0) is 14.1. The van der Waals surface area contributed by atoms with E-state index in [9.17, 15) is 8.42 Å². The molecule has 1 rings (SSSR count). The van der Waals surface area contributed by atoms with Crippen molar-refractivity contribution in [3.63, 3.8) is 0 Å². The van der Waals surface area contributed by atoms with Gasteiger partial charge in [-0.3, -0.25) is 0 Å². The molecular formula is C15H20O3S. The van der Waals surface area contributed by atoms with E-state index in [2.05, 4.69) is 0 Å². The molecule has 0 heterocycles. The minimum atomic E-state index is -3.34. The predicted octanol–water partition coefficient (Wildman–Crippen LogP) is 3.35. The molecule has 0 N–H and O–H groups in total. The highest BCUT2D eigenvalue weighted by atomic mass is 32.2. The van der Waals surface area contributed by atoms with Gasteiger partial charge in [0.2, 0.25) is 9.84 Å². The van der Waals surface area contributed by atoms with E-state index in [1.54, 1.807) is 30.3 Å². The van der Waals surface area contributed by atoms with Gasteiger partial charge in [0.1, 0.15) is 0 Å². The number of hydrogen-bond donors (Lipinski definition) is 0. The molecule has 4 heteroatoms. The third-order valence-electron chi connectivity index (χ3n) is 2.63. The summed E-state index contributed by atoms with van der Waals surface area (Å²) in [5, 5.41) is 0. The molecule has 0 bridgehead atoms. The summed E-state index contributed by atoms with van der Waals surface area (Å²) in [6, 6.07) is 8.36. The van der Waals surface area contributed by atoms with Crippen molar-refractivity contribution in [2.75, 3.05) is 12.5 Å². The smallest absolute Gasteiger partial charge is 0.202 e. The molecule has 0 aliphatic heterocycles. The maximum atomic E-state index is 11.9. The standard InChI is InChI=1S/C15H20O3S/c1-3-8-14(4-2)11-12-18-13-19(16,17)15-9-6-5-7-10-15/h3-10H,11-13H2,1-2H3/b8-3-,14-4+. The average Bonchev–Trinajstić information content (AvgIpc) is 2.43. The lowest BCUT2D eigenvalue weighted by Crippen LogP contribution is -2.10. The van der Waals surface area contributed by atoms with E-state index in [1.165, 1.54) is 0 Å². The second-order valence-corrected chi connectivity index (χ2v) is 6.00. The maximum absolute atomic E-state index is 11.9. The van der Waals surface area contributed by atoms with Crippen LogP contribution in [0.1, 0.15) is 20.3 Å². The summed E-state index contributed by atoms with van der Waals surface area (Å²) in [6.07, 6.45) is 6.66. The Balaban J connectivity index is 2.46. The molecule has 0 aliphatic carbocycles. The lowest BCUT2D eigenvalue weighted by atomic mass is 10.2. The Labute approximate surface area is 115 Å². The minimum Gasteiger partial charge on any atom is -0.365 e. The van der Waals surface area contributed by atoms with E-state index in [-0.39, 0.29) is 5.94 Å². The summed E-state index contributed by atoms with van der Waals surface area (Å²) in [5.41, 5.74) is 1.14. The van der Waals surface area contributed by atoms with E-state index in [4.69, 9.17) is 4.74 Å². The molecule has 0 saturated carbocycles. The summed E-state index contributed by atoms with van der Waals surface area (Å²) in [4.78, 5) is 0.301. The van der Waals surface area contributed by atoms with Crippen LogP contribution in [-0.4, -0.2) is 21.0 Å². The van der Waals surface area contributed by atoms with E-state index >= 15 is 0 Å². The Morgan fingerprint density at radius 2 is 1.89 bits per heavy atom. The van der Waals surface area contributed by atoms with Crippen molar-refractivity contribution in [3.05, 3.63) is 54.1 Å². The van der Waals surface area contributed by atoms with Gasteiger partial charge in [0.05, 0.1) is 11.5 Å². The van der Waals surface area contributed by atoms with Crippen molar-refractivity contribution in [1.29, 1.82) is 0 Å². The summed E-state index contributed by atoms with van der Waals surface area (Å²) in [6.45, 7) is 4.30. The molecule has 0 unspecified atom stereocenters. The number of sulfone groups is 1. The van der Waals surface area contributed by atoms with Crippen LogP contribution in [0.5, 0.6) is 0 Å². The minimum absolute atomic E-state index is 0.274. The van der Waals surface area contributed by atoms with Gasteiger partial charge in [-0.15, -0.1) is 0 Å². The van der Waals surface area contributed by atoms with Gasteiger partial charge in [-0.2, -0.15) is 0 Å². The largest absolute Gasteiger partial charge is 0.365 e. The molecule has 0 radical (unpaired) electrons. The molecule has 1 aromatic carbocycles. The lowest BCUT2D eigenvalue weighted by Gasteiger charge is -2.06. The van der Waals surface area contributed by atoms with Crippen molar-refractivity contribution in [3.8, 4) is 0 Å². The third-order valence-corrected chi connectivity index (χ3v) is 4.09. The van der Waals surface area contributed by atoms with Crippen molar-refractivity contribution in [1.82, 2.24) is 0 Å². The molecular weight excluding hydrogens is 260 g/mol. The van der Waals surface area contributed by atoms with E-state index in [0.29, 0.717) is 17.9 Å². The van der Waals surface area contributed by atoms with E-state index in [1.807, 2.05) is 32.1 Å². The normalized spacial score (nSPS) is 13.1. The fraction of sp³-hybridized carbons (Fsp3) is 0.333. The maximum Gasteiger partial charge on any atom is 0.202 e. The van der Waals surface area contributed by atoms with Crippen LogP contribution in [0.15, 0.2) is 59.0 Å². The van der Waals surface area contributed by atoms with Crippen LogP contribution in [0, 0.1) is 0 Å². The highest BCUT2D eigenvalue weighted by Gasteiger charge is 2.13. The molecule has 3 nitrogen and oxygen atoms in total. The number of rotatable bonds is 7. The van der Waals surface area contributed by atoms with Gasteiger partial charge >= 0.3 is 0 Å². The first-order chi connectivity index (χ1) is 9.10. The molecule has 0 spiro atoms. The Hall–Kier alpha value is -1.39. The molecule has 19 heavy (non-hydrogen) atoms. The van der Waals surface area contributed by atoms with Gasteiger partial charge in [-0.1, -0.05) is 42.0 Å². The van der Waals surface area contributed by atoms with Gasteiger partial charge in [0.15, 0.2) is 5.94 Å². The molecule has 0 aromatic heterocycles. The fourth-order valence-electron chi connectivity index (χ4n) is 1.59. The van der Waals surface area contributed by atoms with E-state index in [0.717, 1.165) is 5.57 Å².